The molecule has 2 aromatic carbocycles. The summed E-state index contributed by atoms with van der Waals surface area (Å²) in [6.45, 7) is 5.77. The number of urea groups is 1. The summed E-state index contributed by atoms with van der Waals surface area (Å²) in [5, 5.41) is 5.53. The molecule has 3 rings (SSSR count). The van der Waals surface area contributed by atoms with Gasteiger partial charge in [-0.3, -0.25) is 9.59 Å². The van der Waals surface area contributed by atoms with Crippen molar-refractivity contribution in [1.29, 1.82) is 0 Å². The first-order valence-corrected chi connectivity index (χ1v) is 11.2. The number of para-hydroxylation sites is 1. The molecule has 170 valence electrons. The maximum atomic E-state index is 13.1. The second-order valence-corrected chi connectivity index (χ2v) is 8.31. The number of carbonyl (C=O) groups excluding carboxylic acids is 3. The fraction of sp³-hybridized carbons (Fsp3) is 0.400. The molecule has 7 nitrogen and oxygen atoms in total. The van der Waals surface area contributed by atoms with E-state index in [-0.39, 0.29) is 23.9 Å². The zero-order chi connectivity index (χ0) is 22.9. The molecule has 32 heavy (non-hydrogen) atoms. The first-order valence-electron chi connectivity index (χ1n) is 11.2. The van der Waals surface area contributed by atoms with Gasteiger partial charge >= 0.3 is 6.03 Å². The number of rotatable bonds is 7. The van der Waals surface area contributed by atoms with Crippen molar-refractivity contribution in [3.05, 3.63) is 65.7 Å². The summed E-state index contributed by atoms with van der Waals surface area (Å²) in [5.41, 5.74) is 2.18. The molecule has 7 heteroatoms. The fourth-order valence-corrected chi connectivity index (χ4v) is 3.78. The van der Waals surface area contributed by atoms with E-state index >= 15 is 0 Å². The van der Waals surface area contributed by atoms with E-state index in [2.05, 4.69) is 22.8 Å². The summed E-state index contributed by atoms with van der Waals surface area (Å²) in [4.78, 5) is 41.3. The first kappa shape index (κ1) is 23.3. The van der Waals surface area contributed by atoms with Gasteiger partial charge in [0.05, 0.1) is 11.3 Å². The van der Waals surface area contributed by atoms with E-state index < -0.39 is 0 Å². The van der Waals surface area contributed by atoms with Crippen molar-refractivity contribution >= 4 is 23.5 Å². The SMILES string of the molecule is CC(C)NC(=O)Nc1ccccc1C(=O)N1CCN(C(=O)CCCc2ccccc2)CC1. The van der Waals surface area contributed by atoms with Gasteiger partial charge in [0.25, 0.3) is 5.91 Å². The fourth-order valence-electron chi connectivity index (χ4n) is 3.78. The summed E-state index contributed by atoms with van der Waals surface area (Å²) in [6, 6.07) is 16.8. The quantitative estimate of drug-likeness (QED) is 0.697. The van der Waals surface area contributed by atoms with E-state index in [0.717, 1.165) is 12.8 Å². The maximum absolute atomic E-state index is 13.1. The molecule has 0 aliphatic carbocycles. The molecule has 4 amide bonds. The Balaban J connectivity index is 1.50. The predicted molar refractivity (Wildman–Crippen MR) is 126 cm³/mol. The lowest BCUT2D eigenvalue weighted by molar-refractivity contribution is -0.132. The van der Waals surface area contributed by atoms with Crippen LogP contribution in [0.2, 0.25) is 0 Å². The predicted octanol–water partition coefficient (Wildman–Crippen LogP) is 3.52. The normalized spacial score (nSPS) is 13.7. The summed E-state index contributed by atoms with van der Waals surface area (Å²) in [5.74, 6) is 0.00192. The van der Waals surface area contributed by atoms with Crippen LogP contribution < -0.4 is 10.6 Å². The van der Waals surface area contributed by atoms with Crippen molar-refractivity contribution in [2.45, 2.75) is 39.2 Å². The molecule has 1 saturated heterocycles. The van der Waals surface area contributed by atoms with Gasteiger partial charge in [0.15, 0.2) is 0 Å². The second-order valence-electron chi connectivity index (χ2n) is 8.31. The Morgan fingerprint density at radius 2 is 1.50 bits per heavy atom. The average molecular weight is 437 g/mol. The number of piperazine rings is 1. The van der Waals surface area contributed by atoms with Crippen LogP contribution in [0.3, 0.4) is 0 Å². The molecule has 0 atom stereocenters. The number of nitrogens with zero attached hydrogens (tertiary/aromatic N) is 2. The van der Waals surface area contributed by atoms with Gasteiger partial charge in [0.1, 0.15) is 0 Å². The van der Waals surface area contributed by atoms with Gasteiger partial charge < -0.3 is 20.4 Å². The van der Waals surface area contributed by atoms with Crippen molar-refractivity contribution in [3.8, 4) is 0 Å². The Labute approximate surface area is 189 Å². The van der Waals surface area contributed by atoms with Crippen LogP contribution in [0.25, 0.3) is 0 Å². The highest BCUT2D eigenvalue weighted by Gasteiger charge is 2.26. The molecule has 0 radical (unpaired) electrons. The minimum Gasteiger partial charge on any atom is -0.339 e. The number of hydrogen-bond acceptors (Lipinski definition) is 3. The van der Waals surface area contributed by atoms with Crippen LogP contribution in [-0.2, 0) is 11.2 Å². The monoisotopic (exact) mass is 436 g/mol. The molecule has 0 saturated carbocycles. The molecule has 2 N–H and O–H groups in total. The van der Waals surface area contributed by atoms with Gasteiger partial charge in [-0.15, -0.1) is 0 Å². The summed E-state index contributed by atoms with van der Waals surface area (Å²) in [6.07, 6.45) is 2.22. The van der Waals surface area contributed by atoms with Gasteiger partial charge in [-0.25, -0.2) is 4.79 Å². The Morgan fingerprint density at radius 3 is 2.19 bits per heavy atom. The minimum atomic E-state index is -0.342. The minimum absolute atomic E-state index is 0.00355. The molecule has 0 spiro atoms. The number of amides is 4. The standard InChI is InChI=1S/C25H32N4O3/c1-19(2)26-25(32)27-22-13-7-6-12-21(22)24(31)29-17-15-28(16-18-29)23(30)14-8-11-20-9-4-3-5-10-20/h3-7,9-10,12-13,19H,8,11,14-18H2,1-2H3,(H2,26,27,32). The number of benzene rings is 2. The first-order chi connectivity index (χ1) is 15.4. The lowest BCUT2D eigenvalue weighted by Crippen LogP contribution is -2.50. The van der Waals surface area contributed by atoms with Gasteiger partial charge in [0.2, 0.25) is 5.91 Å². The lowest BCUT2D eigenvalue weighted by atomic mass is 10.1. The van der Waals surface area contributed by atoms with Crippen molar-refractivity contribution < 1.29 is 14.4 Å². The number of aryl methyl sites for hydroxylation is 1. The van der Waals surface area contributed by atoms with Gasteiger partial charge in [0, 0.05) is 38.6 Å². The Bertz CT molecular complexity index is 922. The Hall–Kier alpha value is -3.35. The summed E-state index contributed by atoms with van der Waals surface area (Å²) < 4.78 is 0. The highest BCUT2D eigenvalue weighted by molar-refractivity contribution is 6.03. The largest absolute Gasteiger partial charge is 0.339 e. The van der Waals surface area contributed by atoms with Crippen LogP contribution >= 0.6 is 0 Å². The second kappa shape index (κ2) is 11.3. The van der Waals surface area contributed by atoms with E-state index in [0.29, 0.717) is 43.9 Å². The van der Waals surface area contributed by atoms with Crippen molar-refractivity contribution in [2.75, 3.05) is 31.5 Å². The Morgan fingerprint density at radius 1 is 0.875 bits per heavy atom. The van der Waals surface area contributed by atoms with Crippen molar-refractivity contribution in [1.82, 2.24) is 15.1 Å². The van der Waals surface area contributed by atoms with E-state index in [1.165, 1.54) is 5.56 Å². The zero-order valence-corrected chi connectivity index (χ0v) is 18.8. The third-order valence-corrected chi connectivity index (χ3v) is 5.44. The topological polar surface area (TPSA) is 81.8 Å². The van der Waals surface area contributed by atoms with E-state index in [9.17, 15) is 14.4 Å². The molecule has 0 unspecified atom stereocenters. The van der Waals surface area contributed by atoms with E-state index in [1.54, 1.807) is 29.2 Å². The van der Waals surface area contributed by atoms with Crippen LogP contribution in [0.5, 0.6) is 0 Å². The maximum Gasteiger partial charge on any atom is 0.319 e. The van der Waals surface area contributed by atoms with Crippen LogP contribution in [0.4, 0.5) is 10.5 Å². The molecule has 1 heterocycles. The number of anilines is 1. The number of nitrogens with one attached hydrogen (secondary N) is 2. The number of carbonyl (C=O) groups is 3. The molecule has 1 fully saturated rings. The van der Waals surface area contributed by atoms with E-state index in [1.807, 2.05) is 36.9 Å². The summed E-state index contributed by atoms with van der Waals surface area (Å²) >= 11 is 0. The molecular formula is C25H32N4O3. The molecule has 0 bridgehead atoms. The summed E-state index contributed by atoms with van der Waals surface area (Å²) in [7, 11) is 0. The van der Waals surface area contributed by atoms with E-state index in [4.69, 9.17) is 0 Å². The van der Waals surface area contributed by atoms with Crippen molar-refractivity contribution in [2.24, 2.45) is 0 Å². The van der Waals surface area contributed by atoms with Crippen molar-refractivity contribution in [3.63, 3.8) is 0 Å². The molecular weight excluding hydrogens is 404 g/mol. The highest BCUT2D eigenvalue weighted by atomic mass is 16.2. The van der Waals surface area contributed by atoms with Crippen LogP contribution in [0.1, 0.15) is 42.6 Å². The Kier molecular flexibility index (Phi) is 8.25. The number of hydrogen-bond donors (Lipinski definition) is 2. The lowest BCUT2D eigenvalue weighted by Gasteiger charge is -2.35. The molecule has 1 aliphatic heterocycles. The smallest absolute Gasteiger partial charge is 0.319 e. The van der Waals surface area contributed by atoms with Gasteiger partial charge in [-0.1, -0.05) is 42.5 Å². The molecule has 2 aromatic rings. The zero-order valence-electron chi connectivity index (χ0n) is 18.8. The van der Waals surface area contributed by atoms with Crippen LogP contribution in [0.15, 0.2) is 54.6 Å². The van der Waals surface area contributed by atoms with Gasteiger partial charge in [-0.2, -0.15) is 0 Å². The molecule has 0 aromatic heterocycles. The van der Waals surface area contributed by atoms with Gasteiger partial charge in [-0.05, 0) is 44.4 Å². The average Bonchev–Trinajstić information content (AvgIpc) is 2.79. The third kappa shape index (κ3) is 6.57. The van der Waals surface area contributed by atoms with Crippen LogP contribution in [-0.4, -0.2) is 59.9 Å². The third-order valence-electron chi connectivity index (χ3n) is 5.44. The van der Waals surface area contributed by atoms with Crippen LogP contribution in [0, 0.1) is 0 Å². The molecule has 1 aliphatic rings. The highest BCUT2D eigenvalue weighted by Crippen LogP contribution is 2.19.